The van der Waals surface area contributed by atoms with E-state index in [1.54, 1.807) is 36.5 Å². The van der Waals surface area contributed by atoms with E-state index in [1.807, 2.05) is 0 Å². The van der Waals surface area contributed by atoms with E-state index in [0.29, 0.717) is 11.4 Å². The average molecular weight is 371 g/mol. The number of esters is 3. The smallest absolute Gasteiger partial charge is 0.358 e. The van der Waals surface area contributed by atoms with Crippen LogP contribution in [-0.2, 0) is 23.8 Å². The van der Waals surface area contributed by atoms with Gasteiger partial charge in [0, 0.05) is 31.9 Å². The number of methoxy groups -OCH3 is 1. The molecule has 2 heterocycles. The number of nitrogens with one attached hydrogen (secondary N) is 1. The maximum atomic E-state index is 11.9. The Balaban J connectivity index is 1.71. The van der Waals surface area contributed by atoms with Gasteiger partial charge in [-0.3, -0.25) is 0 Å². The second-order valence-electron chi connectivity index (χ2n) is 6.07. The molecule has 140 valence electrons. The normalized spacial score (nSPS) is 15.6. The lowest BCUT2D eigenvalue weighted by Gasteiger charge is -2.29. The number of hydrogen-bond acceptors (Lipinski definition) is 8. The van der Waals surface area contributed by atoms with Crippen LogP contribution >= 0.6 is 0 Å². The minimum Gasteiger partial charge on any atom is -0.464 e. The van der Waals surface area contributed by atoms with Crippen LogP contribution in [0.2, 0.25) is 0 Å². The second-order valence-corrected chi connectivity index (χ2v) is 6.07. The van der Waals surface area contributed by atoms with Gasteiger partial charge in [-0.25, -0.2) is 19.1 Å². The molecule has 27 heavy (non-hydrogen) atoms. The second kappa shape index (κ2) is 6.94. The summed E-state index contributed by atoms with van der Waals surface area (Å²) in [6.07, 6.45) is 2.87. The molecule has 0 atom stereocenters. The quantitative estimate of drug-likeness (QED) is 0.492. The summed E-state index contributed by atoms with van der Waals surface area (Å²) in [5.41, 5.74) is 1.30. The van der Waals surface area contributed by atoms with E-state index in [-0.39, 0.29) is 11.3 Å². The molecule has 1 aromatic heterocycles. The monoisotopic (exact) mass is 371 g/mol. The Morgan fingerprint density at radius 3 is 2.37 bits per heavy atom. The van der Waals surface area contributed by atoms with Gasteiger partial charge in [0.25, 0.3) is 5.79 Å². The summed E-state index contributed by atoms with van der Waals surface area (Å²) in [4.78, 5) is 35.2. The summed E-state index contributed by atoms with van der Waals surface area (Å²) in [7, 11) is 1.29. The van der Waals surface area contributed by atoms with Crippen LogP contribution in [-0.4, -0.2) is 40.6 Å². The maximum absolute atomic E-state index is 11.9. The topological polar surface area (TPSA) is 109 Å². The number of ether oxygens (including phenoxy) is 3. The Morgan fingerprint density at radius 1 is 1.15 bits per heavy atom. The number of cyclic esters (lactones) is 2. The SMILES string of the molecule is COC(=O)c1ccn(-c2ccc(NC=C3C(=O)OC(C)(C)OC3=O)cc2)n1. The zero-order chi connectivity index (χ0) is 19.6. The first kappa shape index (κ1) is 18.2. The van der Waals surface area contributed by atoms with Crippen molar-refractivity contribution in [3.8, 4) is 5.69 Å². The van der Waals surface area contributed by atoms with Gasteiger partial charge < -0.3 is 19.5 Å². The first-order chi connectivity index (χ1) is 12.8. The number of carbonyl (C=O) groups excluding carboxylic acids is 3. The van der Waals surface area contributed by atoms with Gasteiger partial charge in [-0.2, -0.15) is 5.10 Å². The maximum Gasteiger partial charge on any atom is 0.358 e. The Labute approximate surface area is 154 Å². The van der Waals surface area contributed by atoms with Crippen molar-refractivity contribution in [2.24, 2.45) is 0 Å². The largest absolute Gasteiger partial charge is 0.464 e. The van der Waals surface area contributed by atoms with Crippen LogP contribution in [0.5, 0.6) is 0 Å². The van der Waals surface area contributed by atoms with Gasteiger partial charge in [0.05, 0.1) is 12.8 Å². The van der Waals surface area contributed by atoms with E-state index in [4.69, 9.17) is 9.47 Å². The molecule has 0 spiro atoms. The highest BCUT2D eigenvalue weighted by Crippen LogP contribution is 2.23. The van der Waals surface area contributed by atoms with Gasteiger partial charge in [0.1, 0.15) is 0 Å². The molecule has 0 radical (unpaired) electrons. The number of benzene rings is 1. The molecular weight excluding hydrogens is 354 g/mol. The molecule has 0 amide bonds. The predicted octanol–water partition coefficient (Wildman–Crippen LogP) is 1.79. The first-order valence-electron chi connectivity index (χ1n) is 7.97. The summed E-state index contributed by atoms with van der Waals surface area (Å²) < 4.78 is 16.2. The van der Waals surface area contributed by atoms with E-state index >= 15 is 0 Å². The van der Waals surface area contributed by atoms with Crippen LogP contribution in [0.25, 0.3) is 5.69 Å². The van der Waals surface area contributed by atoms with Crippen molar-refractivity contribution >= 4 is 23.6 Å². The molecule has 9 heteroatoms. The predicted molar refractivity (Wildman–Crippen MR) is 92.9 cm³/mol. The van der Waals surface area contributed by atoms with E-state index in [9.17, 15) is 14.4 Å². The molecule has 9 nitrogen and oxygen atoms in total. The average Bonchev–Trinajstić information content (AvgIpc) is 3.10. The lowest BCUT2D eigenvalue weighted by molar-refractivity contribution is -0.222. The van der Waals surface area contributed by atoms with Gasteiger partial charge in [-0.1, -0.05) is 0 Å². The van der Waals surface area contributed by atoms with E-state index in [0.717, 1.165) is 0 Å². The number of rotatable bonds is 4. The Morgan fingerprint density at radius 2 is 1.78 bits per heavy atom. The first-order valence-corrected chi connectivity index (χ1v) is 7.97. The highest BCUT2D eigenvalue weighted by atomic mass is 16.7. The van der Waals surface area contributed by atoms with Crippen LogP contribution in [0.1, 0.15) is 24.3 Å². The fourth-order valence-electron chi connectivity index (χ4n) is 2.33. The number of hydrogen-bond donors (Lipinski definition) is 1. The molecule has 3 rings (SSSR count). The van der Waals surface area contributed by atoms with Crippen molar-refractivity contribution in [1.82, 2.24) is 9.78 Å². The zero-order valence-corrected chi connectivity index (χ0v) is 14.9. The minimum atomic E-state index is -1.28. The molecule has 0 bridgehead atoms. The zero-order valence-electron chi connectivity index (χ0n) is 14.9. The Bertz CT molecular complexity index is 905. The third-order valence-electron chi connectivity index (χ3n) is 3.62. The lowest BCUT2D eigenvalue weighted by Crippen LogP contribution is -2.42. The summed E-state index contributed by atoms with van der Waals surface area (Å²) in [6, 6.07) is 8.47. The molecule has 1 N–H and O–H groups in total. The van der Waals surface area contributed by atoms with E-state index in [1.165, 1.54) is 31.8 Å². The standard InChI is InChI=1S/C18H17N3O6/c1-18(2)26-15(22)13(16(23)27-18)10-19-11-4-6-12(7-5-11)21-9-8-14(20-21)17(24)25-3/h4-10,19H,1-3H3. The summed E-state index contributed by atoms with van der Waals surface area (Å²) in [5.74, 6) is -3.31. The number of anilines is 1. The van der Waals surface area contributed by atoms with E-state index < -0.39 is 23.7 Å². The number of carbonyl (C=O) groups is 3. The third-order valence-corrected chi connectivity index (χ3v) is 3.62. The summed E-state index contributed by atoms with van der Waals surface area (Å²) >= 11 is 0. The molecule has 2 aromatic rings. The number of nitrogens with zero attached hydrogens (tertiary/aromatic N) is 2. The van der Waals surface area contributed by atoms with Crippen LogP contribution < -0.4 is 5.32 Å². The summed E-state index contributed by atoms with van der Waals surface area (Å²) in [6.45, 7) is 2.96. The van der Waals surface area contributed by atoms with Gasteiger partial charge in [-0.05, 0) is 30.3 Å². The van der Waals surface area contributed by atoms with Crippen LogP contribution in [0.4, 0.5) is 5.69 Å². The van der Waals surface area contributed by atoms with Crippen molar-refractivity contribution < 1.29 is 28.6 Å². The molecule has 1 aliphatic heterocycles. The Kier molecular flexibility index (Phi) is 4.68. The molecular formula is C18H17N3O6. The minimum absolute atomic E-state index is 0.196. The van der Waals surface area contributed by atoms with Crippen LogP contribution in [0, 0.1) is 0 Å². The molecule has 1 saturated heterocycles. The van der Waals surface area contributed by atoms with Crippen molar-refractivity contribution in [3.05, 3.63) is 54.0 Å². The fraction of sp³-hybridized carbons (Fsp3) is 0.222. The van der Waals surface area contributed by atoms with Crippen molar-refractivity contribution in [3.63, 3.8) is 0 Å². The van der Waals surface area contributed by atoms with Crippen molar-refractivity contribution in [1.29, 1.82) is 0 Å². The molecule has 1 aliphatic rings. The van der Waals surface area contributed by atoms with Gasteiger partial charge >= 0.3 is 17.9 Å². The van der Waals surface area contributed by atoms with E-state index in [2.05, 4.69) is 15.2 Å². The molecule has 0 unspecified atom stereocenters. The summed E-state index contributed by atoms with van der Waals surface area (Å²) in [5, 5.41) is 6.97. The van der Waals surface area contributed by atoms with Crippen molar-refractivity contribution in [2.75, 3.05) is 12.4 Å². The Hall–Kier alpha value is -3.62. The molecule has 0 aliphatic carbocycles. The molecule has 0 saturated carbocycles. The highest BCUT2D eigenvalue weighted by molar-refractivity contribution is 6.15. The van der Waals surface area contributed by atoms with Crippen molar-refractivity contribution in [2.45, 2.75) is 19.6 Å². The fourth-order valence-corrected chi connectivity index (χ4v) is 2.33. The van der Waals surface area contributed by atoms with Gasteiger partial charge in [-0.15, -0.1) is 0 Å². The van der Waals surface area contributed by atoms with Gasteiger partial charge in [0.2, 0.25) is 0 Å². The number of aromatic nitrogens is 2. The highest BCUT2D eigenvalue weighted by Gasteiger charge is 2.38. The van der Waals surface area contributed by atoms with Crippen LogP contribution in [0.3, 0.4) is 0 Å². The van der Waals surface area contributed by atoms with Gasteiger partial charge in [0.15, 0.2) is 11.3 Å². The van der Waals surface area contributed by atoms with Crippen LogP contribution in [0.15, 0.2) is 48.3 Å². The third kappa shape index (κ3) is 3.97. The lowest BCUT2D eigenvalue weighted by atomic mass is 10.2. The molecule has 1 fully saturated rings. The molecule has 1 aromatic carbocycles.